The Hall–Kier alpha value is -3.06. The highest BCUT2D eigenvalue weighted by atomic mass is 16.3. The minimum atomic E-state index is -0.692. The van der Waals surface area contributed by atoms with Gasteiger partial charge in [0, 0.05) is 17.2 Å². The summed E-state index contributed by atoms with van der Waals surface area (Å²) in [6, 6.07) is 19.8. The Morgan fingerprint density at radius 2 is 1.89 bits per heavy atom. The van der Waals surface area contributed by atoms with E-state index in [4.69, 9.17) is 0 Å². The maximum absolute atomic E-state index is 13.1. The summed E-state index contributed by atoms with van der Waals surface area (Å²) in [6.45, 7) is 4.50. The average Bonchev–Trinajstić information content (AvgIpc) is 2.92. The van der Waals surface area contributed by atoms with E-state index in [0.29, 0.717) is 30.5 Å². The molecule has 1 fully saturated rings. The number of carbonyl (C=O) groups is 1. The molecule has 0 aliphatic heterocycles. The lowest BCUT2D eigenvalue weighted by atomic mass is 9.55. The first-order chi connectivity index (χ1) is 17.8. The second-order valence-corrected chi connectivity index (χ2v) is 10.5. The fraction of sp³-hybridized carbons (Fsp3) is 0.419. The molecule has 3 unspecified atom stereocenters. The van der Waals surface area contributed by atoms with Crippen LogP contribution in [0.1, 0.15) is 65.3 Å². The minimum Gasteiger partial charge on any atom is -0.392 e. The summed E-state index contributed by atoms with van der Waals surface area (Å²) in [4.78, 5) is 17.4. The number of aliphatic hydroxyl groups excluding tert-OH is 1. The smallest absolute Gasteiger partial charge is 0.255 e. The van der Waals surface area contributed by atoms with Gasteiger partial charge in [-0.3, -0.25) is 9.78 Å². The van der Waals surface area contributed by atoms with Gasteiger partial charge in [0.25, 0.3) is 5.91 Å². The second kappa shape index (κ2) is 11.5. The van der Waals surface area contributed by atoms with Crippen molar-refractivity contribution >= 4 is 11.6 Å². The fourth-order valence-electron chi connectivity index (χ4n) is 6.06. The highest BCUT2D eigenvalue weighted by Crippen LogP contribution is 2.51. The van der Waals surface area contributed by atoms with Crippen LogP contribution in [-0.4, -0.2) is 40.3 Å². The van der Waals surface area contributed by atoms with Crippen LogP contribution in [0.5, 0.6) is 0 Å². The van der Waals surface area contributed by atoms with Gasteiger partial charge in [0.1, 0.15) is 0 Å². The summed E-state index contributed by atoms with van der Waals surface area (Å²) in [5.74, 6) is -0.0790. The molecule has 1 heterocycles. The van der Waals surface area contributed by atoms with Crippen molar-refractivity contribution in [2.75, 3.05) is 18.9 Å². The number of rotatable bonds is 9. The van der Waals surface area contributed by atoms with Crippen LogP contribution in [0.4, 0.5) is 5.69 Å². The van der Waals surface area contributed by atoms with E-state index in [9.17, 15) is 15.0 Å². The second-order valence-electron chi connectivity index (χ2n) is 10.5. The Balaban J connectivity index is 1.76. The molecular formula is C31H39N3O3. The van der Waals surface area contributed by atoms with E-state index in [1.165, 1.54) is 5.56 Å². The topological polar surface area (TPSA) is 94.5 Å². The van der Waals surface area contributed by atoms with E-state index in [1.807, 2.05) is 44.3 Å². The largest absolute Gasteiger partial charge is 0.392 e. The molecular weight excluding hydrogens is 462 g/mol. The molecule has 1 aromatic heterocycles. The summed E-state index contributed by atoms with van der Waals surface area (Å²) in [6.07, 6.45) is 5.39. The Morgan fingerprint density at radius 1 is 1.11 bits per heavy atom. The quantitative estimate of drug-likeness (QED) is 0.339. The summed E-state index contributed by atoms with van der Waals surface area (Å²) < 4.78 is 0. The minimum absolute atomic E-state index is 0.152. The molecule has 1 amide bonds. The number of amides is 1. The summed E-state index contributed by atoms with van der Waals surface area (Å²) >= 11 is 0. The number of benzene rings is 2. The van der Waals surface area contributed by atoms with Crippen LogP contribution in [0, 0.1) is 12.8 Å². The van der Waals surface area contributed by atoms with E-state index >= 15 is 0 Å². The average molecular weight is 502 g/mol. The lowest BCUT2D eigenvalue weighted by Gasteiger charge is -2.51. The van der Waals surface area contributed by atoms with Gasteiger partial charge in [-0.05, 0) is 99.5 Å². The van der Waals surface area contributed by atoms with E-state index < -0.39 is 5.60 Å². The summed E-state index contributed by atoms with van der Waals surface area (Å²) in [5.41, 5.74) is 3.97. The molecule has 6 nitrogen and oxygen atoms in total. The monoisotopic (exact) mass is 501 g/mol. The zero-order valence-corrected chi connectivity index (χ0v) is 22.1. The molecule has 4 rings (SSSR count). The SMILES string of the molecule is CCC1(O)CCC(Cc2ccccc2)(c2ccc(C(=O)Nc3cccnc3C)cc2CO)C(CNC)C1. The van der Waals surface area contributed by atoms with Gasteiger partial charge >= 0.3 is 0 Å². The van der Waals surface area contributed by atoms with Crippen molar-refractivity contribution in [1.82, 2.24) is 10.3 Å². The predicted octanol–water partition coefficient (Wildman–Crippen LogP) is 4.78. The molecule has 37 heavy (non-hydrogen) atoms. The number of anilines is 1. The van der Waals surface area contributed by atoms with Crippen LogP contribution < -0.4 is 10.6 Å². The number of nitrogens with zero attached hydrogens (tertiary/aromatic N) is 1. The third-order valence-electron chi connectivity index (χ3n) is 8.24. The van der Waals surface area contributed by atoms with E-state index in [-0.39, 0.29) is 23.8 Å². The predicted molar refractivity (Wildman–Crippen MR) is 148 cm³/mol. The first-order valence-corrected chi connectivity index (χ1v) is 13.2. The van der Waals surface area contributed by atoms with Crippen LogP contribution in [-0.2, 0) is 18.4 Å². The normalized spacial score (nSPS) is 23.5. The number of hydrogen-bond acceptors (Lipinski definition) is 5. The Morgan fingerprint density at radius 3 is 2.57 bits per heavy atom. The molecule has 1 aliphatic rings. The molecule has 1 saturated carbocycles. The van der Waals surface area contributed by atoms with Gasteiger partial charge < -0.3 is 20.8 Å². The molecule has 0 radical (unpaired) electrons. The first-order valence-electron chi connectivity index (χ1n) is 13.2. The molecule has 1 aliphatic carbocycles. The third kappa shape index (κ3) is 5.77. The molecule has 196 valence electrons. The van der Waals surface area contributed by atoms with Gasteiger partial charge in [-0.25, -0.2) is 0 Å². The van der Waals surface area contributed by atoms with Crippen molar-refractivity contribution in [2.45, 2.75) is 63.6 Å². The number of aliphatic hydroxyl groups is 2. The molecule has 6 heteroatoms. The van der Waals surface area contributed by atoms with E-state index in [1.54, 1.807) is 12.3 Å². The maximum Gasteiger partial charge on any atom is 0.255 e. The molecule has 0 saturated heterocycles. The third-order valence-corrected chi connectivity index (χ3v) is 8.24. The zero-order chi connectivity index (χ0) is 26.5. The van der Waals surface area contributed by atoms with Crippen LogP contribution in [0.3, 0.4) is 0 Å². The Bertz CT molecular complexity index is 1220. The van der Waals surface area contributed by atoms with Gasteiger partial charge in [-0.1, -0.05) is 43.3 Å². The lowest BCUT2D eigenvalue weighted by Crippen LogP contribution is -2.52. The zero-order valence-electron chi connectivity index (χ0n) is 22.1. The van der Waals surface area contributed by atoms with Crippen molar-refractivity contribution in [1.29, 1.82) is 0 Å². The maximum atomic E-state index is 13.1. The van der Waals surface area contributed by atoms with Crippen LogP contribution in [0.15, 0.2) is 66.9 Å². The van der Waals surface area contributed by atoms with Crippen LogP contribution in [0.2, 0.25) is 0 Å². The molecule has 0 spiro atoms. The number of nitrogens with one attached hydrogen (secondary N) is 2. The van der Waals surface area contributed by atoms with Gasteiger partial charge in [0.05, 0.1) is 23.6 Å². The number of aromatic nitrogens is 1. The van der Waals surface area contributed by atoms with Crippen molar-refractivity contribution in [2.24, 2.45) is 5.92 Å². The summed E-state index contributed by atoms with van der Waals surface area (Å²) in [5, 5.41) is 28.1. The van der Waals surface area contributed by atoms with Gasteiger partial charge in [-0.15, -0.1) is 0 Å². The first kappa shape index (κ1) is 27.0. The Labute approximate surface area is 220 Å². The highest BCUT2D eigenvalue weighted by Gasteiger charge is 2.49. The van der Waals surface area contributed by atoms with Crippen LogP contribution >= 0.6 is 0 Å². The number of pyridine rings is 1. The van der Waals surface area contributed by atoms with Crippen LogP contribution in [0.25, 0.3) is 0 Å². The molecule has 0 bridgehead atoms. The number of aryl methyl sites for hydroxylation is 1. The fourth-order valence-corrected chi connectivity index (χ4v) is 6.06. The van der Waals surface area contributed by atoms with Crippen molar-refractivity contribution in [3.05, 3.63) is 94.8 Å². The standard InChI is InChI=1S/C31H39N3O3/c1-4-30(37)14-15-31(26(19-30)20-32-3,18-23-9-6-5-7-10-23)27-13-12-24(17-25(27)21-35)29(36)34-28-11-8-16-33-22(28)2/h5-13,16-17,26,32,35,37H,4,14-15,18-21H2,1-3H3,(H,34,36). The molecule has 2 aromatic carbocycles. The van der Waals surface area contributed by atoms with Gasteiger partial charge in [0.15, 0.2) is 0 Å². The van der Waals surface area contributed by atoms with Crippen molar-refractivity contribution < 1.29 is 15.0 Å². The van der Waals surface area contributed by atoms with Gasteiger partial charge in [0.2, 0.25) is 0 Å². The van der Waals surface area contributed by atoms with Crippen molar-refractivity contribution in [3.8, 4) is 0 Å². The van der Waals surface area contributed by atoms with Crippen molar-refractivity contribution in [3.63, 3.8) is 0 Å². The molecule has 3 aromatic rings. The van der Waals surface area contributed by atoms with E-state index in [2.05, 4.69) is 46.8 Å². The molecule has 4 N–H and O–H groups in total. The number of hydrogen-bond donors (Lipinski definition) is 4. The summed E-state index contributed by atoms with van der Waals surface area (Å²) in [7, 11) is 1.95. The number of carbonyl (C=O) groups excluding carboxylic acids is 1. The van der Waals surface area contributed by atoms with E-state index in [0.717, 1.165) is 36.2 Å². The highest BCUT2D eigenvalue weighted by molar-refractivity contribution is 6.04. The molecule has 3 atom stereocenters. The Kier molecular flexibility index (Phi) is 8.42. The van der Waals surface area contributed by atoms with Gasteiger partial charge in [-0.2, -0.15) is 0 Å². The lowest BCUT2D eigenvalue weighted by molar-refractivity contribution is -0.0480.